The van der Waals surface area contributed by atoms with Crippen molar-refractivity contribution in [1.82, 2.24) is 4.31 Å². The second-order valence-electron chi connectivity index (χ2n) is 7.64. The molecule has 0 bridgehead atoms. The minimum absolute atomic E-state index is 0.0895. The molecule has 1 heterocycles. The summed E-state index contributed by atoms with van der Waals surface area (Å²) in [6, 6.07) is 11.4. The lowest BCUT2D eigenvalue weighted by Gasteiger charge is -2.31. The molecule has 1 aliphatic heterocycles. The lowest BCUT2D eigenvalue weighted by molar-refractivity contribution is -0.120. The molecule has 0 aliphatic carbocycles. The molecule has 172 valence electrons. The maximum Gasteiger partial charge on any atom is 0.338 e. The summed E-state index contributed by atoms with van der Waals surface area (Å²) in [5, 5.41) is 2.82. The zero-order valence-electron chi connectivity index (χ0n) is 18.5. The van der Waals surface area contributed by atoms with Gasteiger partial charge in [0.25, 0.3) is 0 Å². The van der Waals surface area contributed by atoms with Crippen molar-refractivity contribution in [2.24, 2.45) is 5.92 Å². The molecule has 2 aromatic rings. The number of nitrogens with one attached hydrogen (secondary N) is 1. The average Bonchev–Trinajstić information content (AvgIpc) is 2.79. The maximum atomic E-state index is 13.3. The Balaban J connectivity index is 1.71. The third-order valence-corrected chi connectivity index (χ3v) is 7.24. The summed E-state index contributed by atoms with van der Waals surface area (Å²) in [7, 11) is -2.38. The van der Waals surface area contributed by atoms with E-state index in [2.05, 4.69) is 5.32 Å². The third-order valence-electron chi connectivity index (χ3n) is 5.36. The van der Waals surface area contributed by atoms with Gasteiger partial charge in [-0.3, -0.25) is 4.79 Å². The molecule has 1 amide bonds. The number of benzene rings is 2. The van der Waals surface area contributed by atoms with Gasteiger partial charge in [0.1, 0.15) is 10.6 Å². The Labute approximate surface area is 188 Å². The number of esters is 1. The highest BCUT2D eigenvalue weighted by Crippen LogP contribution is 2.31. The van der Waals surface area contributed by atoms with E-state index in [9.17, 15) is 18.0 Å². The number of carbonyl (C=O) groups is 2. The quantitative estimate of drug-likeness (QED) is 0.637. The zero-order chi connectivity index (χ0) is 23.3. The van der Waals surface area contributed by atoms with Gasteiger partial charge >= 0.3 is 5.97 Å². The van der Waals surface area contributed by atoms with Gasteiger partial charge in [-0.05, 0) is 68.7 Å². The van der Waals surface area contributed by atoms with Crippen LogP contribution in [0.3, 0.4) is 0 Å². The highest BCUT2D eigenvalue weighted by molar-refractivity contribution is 7.89. The number of sulfonamides is 1. The van der Waals surface area contributed by atoms with E-state index < -0.39 is 21.9 Å². The molecule has 2 aromatic carbocycles. The van der Waals surface area contributed by atoms with Crippen molar-refractivity contribution in [1.29, 1.82) is 0 Å². The van der Waals surface area contributed by atoms with Crippen molar-refractivity contribution in [3.05, 3.63) is 53.6 Å². The standard InChI is InChI=1S/C23H28N2O6S/c1-4-31-23(27)17-8-10-19(11-9-17)24-22(26)18-6-5-13-25(15-18)32(28,29)21-14-16(2)7-12-20(21)30-3/h7-12,14,18H,4-6,13,15H2,1-3H3,(H,24,26)/t18-/m0/s1. The summed E-state index contributed by atoms with van der Waals surface area (Å²) >= 11 is 0. The smallest absolute Gasteiger partial charge is 0.338 e. The van der Waals surface area contributed by atoms with E-state index in [0.29, 0.717) is 30.6 Å². The van der Waals surface area contributed by atoms with E-state index in [1.54, 1.807) is 49.4 Å². The molecule has 0 radical (unpaired) electrons. The molecule has 8 nitrogen and oxygen atoms in total. The Morgan fingerprint density at radius 2 is 1.88 bits per heavy atom. The van der Waals surface area contributed by atoms with Crippen LogP contribution in [-0.2, 0) is 19.6 Å². The molecule has 0 aromatic heterocycles. The highest BCUT2D eigenvalue weighted by atomic mass is 32.2. The molecular formula is C23H28N2O6S. The van der Waals surface area contributed by atoms with E-state index in [1.807, 2.05) is 6.92 Å². The Morgan fingerprint density at radius 3 is 2.53 bits per heavy atom. The summed E-state index contributed by atoms with van der Waals surface area (Å²) in [5.41, 5.74) is 1.73. The number of aryl methyl sites for hydroxylation is 1. The van der Waals surface area contributed by atoms with Crippen LogP contribution in [-0.4, -0.2) is 51.4 Å². The van der Waals surface area contributed by atoms with E-state index in [0.717, 1.165) is 5.56 Å². The van der Waals surface area contributed by atoms with Gasteiger partial charge in [0.15, 0.2) is 0 Å². The first-order valence-corrected chi connectivity index (χ1v) is 11.9. The Morgan fingerprint density at radius 1 is 1.16 bits per heavy atom. The summed E-state index contributed by atoms with van der Waals surface area (Å²) in [6.45, 7) is 4.27. The number of rotatable bonds is 7. The number of amides is 1. The highest BCUT2D eigenvalue weighted by Gasteiger charge is 2.35. The van der Waals surface area contributed by atoms with Crippen LogP contribution in [0, 0.1) is 12.8 Å². The Bertz CT molecular complexity index is 1080. The van der Waals surface area contributed by atoms with Crippen LogP contribution in [0.15, 0.2) is 47.4 Å². The Kier molecular flexibility index (Phi) is 7.52. The van der Waals surface area contributed by atoms with Crippen molar-refractivity contribution in [2.45, 2.75) is 31.6 Å². The van der Waals surface area contributed by atoms with Crippen molar-refractivity contribution >= 4 is 27.6 Å². The molecule has 3 rings (SSSR count). The van der Waals surface area contributed by atoms with E-state index in [4.69, 9.17) is 9.47 Å². The molecule has 1 saturated heterocycles. The zero-order valence-corrected chi connectivity index (χ0v) is 19.3. The van der Waals surface area contributed by atoms with Crippen molar-refractivity contribution in [3.63, 3.8) is 0 Å². The predicted octanol–water partition coefficient (Wildman–Crippen LogP) is 3.22. The number of nitrogens with zero attached hydrogens (tertiary/aromatic N) is 1. The van der Waals surface area contributed by atoms with Crippen LogP contribution in [0.5, 0.6) is 5.75 Å². The van der Waals surface area contributed by atoms with Crippen LogP contribution in [0.1, 0.15) is 35.7 Å². The summed E-state index contributed by atoms with van der Waals surface area (Å²) < 4.78 is 38.1. The van der Waals surface area contributed by atoms with Gasteiger partial charge in [-0.2, -0.15) is 4.31 Å². The summed E-state index contributed by atoms with van der Waals surface area (Å²) in [6.07, 6.45) is 1.16. The minimum Gasteiger partial charge on any atom is -0.495 e. The molecule has 0 unspecified atom stereocenters. The lowest BCUT2D eigenvalue weighted by atomic mass is 9.98. The first kappa shape index (κ1) is 23.7. The number of carbonyl (C=O) groups excluding carboxylic acids is 2. The fourth-order valence-corrected chi connectivity index (χ4v) is 5.41. The molecule has 0 saturated carbocycles. The van der Waals surface area contributed by atoms with Crippen molar-refractivity contribution < 1.29 is 27.5 Å². The van der Waals surface area contributed by atoms with E-state index >= 15 is 0 Å². The first-order valence-electron chi connectivity index (χ1n) is 10.5. The summed E-state index contributed by atoms with van der Waals surface area (Å²) in [5.74, 6) is -0.891. The first-order chi connectivity index (χ1) is 15.3. The SMILES string of the molecule is CCOC(=O)c1ccc(NC(=O)[C@H]2CCCN(S(=O)(=O)c3cc(C)ccc3OC)C2)cc1. The molecule has 1 N–H and O–H groups in total. The van der Waals surface area contributed by atoms with Gasteiger partial charge in [-0.25, -0.2) is 13.2 Å². The van der Waals surface area contributed by atoms with Crippen LogP contribution in [0.2, 0.25) is 0 Å². The van der Waals surface area contributed by atoms with Gasteiger partial charge in [0.2, 0.25) is 15.9 Å². The summed E-state index contributed by atoms with van der Waals surface area (Å²) in [4.78, 5) is 24.7. The third kappa shape index (κ3) is 5.28. The van der Waals surface area contributed by atoms with Gasteiger partial charge in [0, 0.05) is 18.8 Å². The normalized spacial score (nSPS) is 16.9. The lowest BCUT2D eigenvalue weighted by Crippen LogP contribution is -2.43. The number of hydrogen-bond donors (Lipinski definition) is 1. The largest absolute Gasteiger partial charge is 0.495 e. The van der Waals surface area contributed by atoms with Crippen LogP contribution in [0.25, 0.3) is 0 Å². The van der Waals surface area contributed by atoms with Crippen LogP contribution in [0.4, 0.5) is 5.69 Å². The molecule has 32 heavy (non-hydrogen) atoms. The fraction of sp³-hybridized carbons (Fsp3) is 0.391. The van der Waals surface area contributed by atoms with Crippen molar-refractivity contribution in [3.8, 4) is 5.75 Å². The van der Waals surface area contributed by atoms with E-state index in [1.165, 1.54) is 11.4 Å². The molecule has 1 fully saturated rings. The average molecular weight is 461 g/mol. The van der Waals surface area contributed by atoms with Gasteiger partial charge in [-0.1, -0.05) is 6.07 Å². The topological polar surface area (TPSA) is 102 Å². The maximum absolute atomic E-state index is 13.3. The number of ether oxygens (including phenoxy) is 2. The second kappa shape index (κ2) is 10.1. The number of hydrogen-bond acceptors (Lipinski definition) is 6. The molecule has 9 heteroatoms. The Hall–Kier alpha value is -2.91. The van der Waals surface area contributed by atoms with Crippen LogP contribution >= 0.6 is 0 Å². The molecular weight excluding hydrogens is 432 g/mol. The predicted molar refractivity (Wildman–Crippen MR) is 120 cm³/mol. The van der Waals surface area contributed by atoms with Crippen LogP contribution < -0.4 is 10.1 Å². The second-order valence-corrected chi connectivity index (χ2v) is 9.55. The minimum atomic E-state index is -3.81. The molecule has 1 aliphatic rings. The van der Waals surface area contributed by atoms with Crippen molar-refractivity contribution in [2.75, 3.05) is 32.1 Å². The van der Waals surface area contributed by atoms with E-state index in [-0.39, 0.29) is 29.7 Å². The number of methoxy groups -OCH3 is 1. The molecule has 0 spiro atoms. The number of piperidine rings is 1. The molecule has 1 atom stereocenters. The number of anilines is 1. The van der Waals surface area contributed by atoms with Gasteiger partial charge < -0.3 is 14.8 Å². The fourth-order valence-electron chi connectivity index (χ4n) is 3.65. The van der Waals surface area contributed by atoms with Gasteiger partial charge in [-0.15, -0.1) is 0 Å². The van der Waals surface area contributed by atoms with Gasteiger partial charge in [0.05, 0.1) is 25.2 Å². The monoisotopic (exact) mass is 460 g/mol.